The van der Waals surface area contributed by atoms with E-state index in [1.165, 1.54) is 35.1 Å². The standard InChI is InChI=1S/C23H24O/c1-2-3-9-17-24-21-14-10-13-20(18-21)23-16-8-7-15-22(23)19-11-5-4-6-12-19/h4-8,10-16,18H,2-3,9,17H2,1H3. The quantitative estimate of drug-likeness (QED) is 0.447. The number of hydrogen-bond donors (Lipinski definition) is 0. The third kappa shape index (κ3) is 4.05. The molecule has 24 heavy (non-hydrogen) atoms. The molecule has 3 rings (SSSR count). The lowest BCUT2D eigenvalue weighted by Gasteiger charge is -2.12. The van der Waals surface area contributed by atoms with Crippen LogP contribution in [0.2, 0.25) is 0 Å². The minimum atomic E-state index is 0.789. The van der Waals surface area contributed by atoms with Gasteiger partial charge in [-0.1, -0.05) is 86.5 Å². The van der Waals surface area contributed by atoms with E-state index in [0.29, 0.717) is 0 Å². The van der Waals surface area contributed by atoms with Gasteiger partial charge in [0.25, 0.3) is 0 Å². The zero-order chi connectivity index (χ0) is 16.6. The van der Waals surface area contributed by atoms with Gasteiger partial charge in [0.05, 0.1) is 6.61 Å². The Kier molecular flexibility index (Phi) is 5.68. The molecular formula is C23H24O. The van der Waals surface area contributed by atoms with Crippen molar-refractivity contribution in [2.75, 3.05) is 6.61 Å². The van der Waals surface area contributed by atoms with E-state index >= 15 is 0 Å². The second-order valence-corrected chi connectivity index (χ2v) is 6.00. The van der Waals surface area contributed by atoms with Gasteiger partial charge < -0.3 is 4.74 Å². The monoisotopic (exact) mass is 316 g/mol. The van der Waals surface area contributed by atoms with Gasteiger partial charge in [-0.2, -0.15) is 0 Å². The van der Waals surface area contributed by atoms with Gasteiger partial charge in [0.15, 0.2) is 0 Å². The molecule has 0 aliphatic rings. The highest BCUT2D eigenvalue weighted by atomic mass is 16.5. The van der Waals surface area contributed by atoms with Gasteiger partial charge in [-0.05, 0) is 40.8 Å². The maximum Gasteiger partial charge on any atom is 0.119 e. The molecule has 0 bridgehead atoms. The van der Waals surface area contributed by atoms with Crippen molar-refractivity contribution >= 4 is 0 Å². The van der Waals surface area contributed by atoms with Crippen LogP contribution in [0.25, 0.3) is 22.3 Å². The van der Waals surface area contributed by atoms with E-state index in [0.717, 1.165) is 18.8 Å². The molecule has 0 saturated heterocycles. The maximum absolute atomic E-state index is 5.92. The second-order valence-electron chi connectivity index (χ2n) is 6.00. The van der Waals surface area contributed by atoms with Crippen LogP contribution in [-0.2, 0) is 0 Å². The zero-order valence-electron chi connectivity index (χ0n) is 14.2. The summed E-state index contributed by atoms with van der Waals surface area (Å²) in [6, 6.07) is 27.5. The molecule has 0 fully saturated rings. The van der Waals surface area contributed by atoms with Gasteiger partial charge in [-0.15, -0.1) is 0 Å². The van der Waals surface area contributed by atoms with E-state index in [4.69, 9.17) is 4.74 Å². The molecule has 3 aromatic carbocycles. The molecule has 0 aliphatic heterocycles. The van der Waals surface area contributed by atoms with E-state index in [2.05, 4.69) is 79.7 Å². The first-order valence-electron chi connectivity index (χ1n) is 8.76. The van der Waals surface area contributed by atoms with Gasteiger partial charge >= 0.3 is 0 Å². The molecule has 1 nitrogen and oxygen atoms in total. The lowest BCUT2D eigenvalue weighted by Crippen LogP contribution is -1.97. The highest BCUT2D eigenvalue weighted by molar-refractivity contribution is 5.83. The summed E-state index contributed by atoms with van der Waals surface area (Å²) >= 11 is 0. The topological polar surface area (TPSA) is 9.23 Å². The Morgan fingerprint density at radius 1 is 0.667 bits per heavy atom. The molecule has 0 radical (unpaired) electrons. The summed E-state index contributed by atoms with van der Waals surface area (Å²) in [5, 5.41) is 0. The van der Waals surface area contributed by atoms with Gasteiger partial charge in [0.2, 0.25) is 0 Å². The zero-order valence-corrected chi connectivity index (χ0v) is 14.2. The molecule has 0 N–H and O–H groups in total. The molecule has 0 unspecified atom stereocenters. The van der Waals surface area contributed by atoms with E-state index in [9.17, 15) is 0 Å². The molecule has 122 valence electrons. The van der Waals surface area contributed by atoms with Crippen LogP contribution in [0.15, 0.2) is 78.9 Å². The largest absolute Gasteiger partial charge is 0.494 e. The first kappa shape index (κ1) is 16.3. The van der Waals surface area contributed by atoms with Crippen molar-refractivity contribution in [1.82, 2.24) is 0 Å². The third-order valence-electron chi connectivity index (χ3n) is 4.17. The molecule has 0 spiro atoms. The van der Waals surface area contributed by atoms with Crippen molar-refractivity contribution in [3.63, 3.8) is 0 Å². The fourth-order valence-corrected chi connectivity index (χ4v) is 2.90. The van der Waals surface area contributed by atoms with Crippen molar-refractivity contribution in [1.29, 1.82) is 0 Å². The normalized spacial score (nSPS) is 10.5. The molecule has 0 amide bonds. The van der Waals surface area contributed by atoms with Crippen LogP contribution in [0, 0.1) is 0 Å². The minimum absolute atomic E-state index is 0.789. The van der Waals surface area contributed by atoms with Crippen molar-refractivity contribution < 1.29 is 4.74 Å². The van der Waals surface area contributed by atoms with E-state index in [1.54, 1.807) is 0 Å². The third-order valence-corrected chi connectivity index (χ3v) is 4.17. The molecule has 0 aromatic heterocycles. The van der Waals surface area contributed by atoms with E-state index < -0.39 is 0 Å². The summed E-state index contributed by atoms with van der Waals surface area (Å²) < 4.78 is 5.92. The van der Waals surface area contributed by atoms with E-state index in [1.807, 2.05) is 6.07 Å². The van der Waals surface area contributed by atoms with Crippen molar-refractivity contribution in [3.05, 3.63) is 78.9 Å². The summed E-state index contributed by atoms with van der Waals surface area (Å²) in [7, 11) is 0. The maximum atomic E-state index is 5.92. The molecule has 0 saturated carbocycles. The highest BCUT2D eigenvalue weighted by Gasteiger charge is 2.07. The van der Waals surface area contributed by atoms with Gasteiger partial charge in [0, 0.05) is 0 Å². The van der Waals surface area contributed by atoms with E-state index in [-0.39, 0.29) is 0 Å². The molecular weight excluding hydrogens is 292 g/mol. The Hall–Kier alpha value is -2.54. The number of hydrogen-bond acceptors (Lipinski definition) is 1. The van der Waals surface area contributed by atoms with Crippen LogP contribution in [0.5, 0.6) is 5.75 Å². The van der Waals surface area contributed by atoms with Crippen LogP contribution in [0.3, 0.4) is 0 Å². The van der Waals surface area contributed by atoms with Crippen LogP contribution in [0.1, 0.15) is 26.2 Å². The second kappa shape index (κ2) is 8.35. The summed E-state index contributed by atoms with van der Waals surface area (Å²) in [6.45, 7) is 3.00. The van der Waals surface area contributed by atoms with Crippen molar-refractivity contribution in [2.24, 2.45) is 0 Å². The number of rotatable bonds is 7. The fraction of sp³-hybridized carbons (Fsp3) is 0.217. The van der Waals surface area contributed by atoms with Crippen LogP contribution in [-0.4, -0.2) is 6.61 Å². The summed E-state index contributed by atoms with van der Waals surface area (Å²) in [4.78, 5) is 0. The first-order chi connectivity index (χ1) is 11.9. The number of unbranched alkanes of at least 4 members (excludes halogenated alkanes) is 2. The average molecular weight is 316 g/mol. The molecule has 0 atom stereocenters. The molecule has 0 aliphatic carbocycles. The summed E-state index contributed by atoms with van der Waals surface area (Å²) in [5.74, 6) is 0.950. The van der Waals surface area contributed by atoms with Crippen LogP contribution < -0.4 is 4.74 Å². The van der Waals surface area contributed by atoms with Crippen molar-refractivity contribution in [2.45, 2.75) is 26.2 Å². The predicted octanol–water partition coefficient (Wildman–Crippen LogP) is 6.59. The van der Waals surface area contributed by atoms with Gasteiger partial charge in [-0.3, -0.25) is 0 Å². The lowest BCUT2D eigenvalue weighted by atomic mass is 9.94. The smallest absolute Gasteiger partial charge is 0.119 e. The number of benzene rings is 3. The summed E-state index contributed by atoms with van der Waals surface area (Å²) in [5.41, 5.74) is 4.92. The lowest BCUT2D eigenvalue weighted by molar-refractivity contribution is 0.306. The Labute approximate surface area is 144 Å². The van der Waals surface area contributed by atoms with Crippen molar-refractivity contribution in [3.8, 4) is 28.0 Å². The molecule has 1 heteroatoms. The van der Waals surface area contributed by atoms with Gasteiger partial charge in [0.1, 0.15) is 5.75 Å². The first-order valence-corrected chi connectivity index (χ1v) is 8.76. The molecule has 0 heterocycles. The number of ether oxygens (including phenoxy) is 1. The Morgan fingerprint density at radius 2 is 1.33 bits per heavy atom. The Bertz CT molecular complexity index is 762. The van der Waals surface area contributed by atoms with Crippen LogP contribution in [0.4, 0.5) is 0 Å². The Balaban J connectivity index is 1.87. The minimum Gasteiger partial charge on any atom is -0.494 e. The average Bonchev–Trinajstić information content (AvgIpc) is 2.66. The predicted molar refractivity (Wildman–Crippen MR) is 102 cm³/mol. The Morgan fingerprint density at radius 3 is 2.08 bits per heavy atom. The summed E-state index contributed by atoms with van der Waals surface area (Å²) in [6.07, 6.45) is 3.55. The highest BCUT2D eigenvalue weighted by Crippen LogP contribution is 2.33. The van der Waals surface area contributed by atoms with Gasteiger partial charge in [-0.25, -0.2) is 0 Å². The van der Waals surface area contributed by atoms with Crippen LogP contribution >= 0.6 is 0 Å². The SMILES string of the molecule is CCCCCOc1cccc(-c2ccccc2-c2ccccc2)c1. The molecule has 3 aromatic rings. The fourth-order valence-electron chi connectivity index (χ4n) is 2.90.